The molecule has 21 heavy (non-hydrogen) atoms. The molecule has 0 spiro atoms. The quantitative estimate of drug-likeness (QED) is 0.927. The molecule has 1 aromatic heterocycles. The summed E-state index contributed by atoms with van der Waals surface area (Å²) in [6.07, 6.45) is 0. The van der Waals surface area contributed by atoms with Crippen LogP contribution in [0.5, 0.6) is 11.6 Å². The Morgan fingerprint density at radius 1 is 1.24 bits per heavy atom. The molecule has 0 amide bonds. The van der Waals surface area contributed by atoms with Gasteiger partial charge in [-0.1, -0.05) is 19.9 Å². The first-order valence-electron chi connectivity index (χ1n) is 6.79. The Morgan fingerprint density at radius 2 is 2.00 bits per heavy atom. The summed E-state index contributed by atoms with van der Waals surface area (Å²) in [4.78, 5) is 8.81. The molecular formula is C16H18N4O. The van der Waals surface area contributed by atoms with Gasteiger partial charge in [0.1, 0.15) is 17.4 Å². The van der Waals surface area contributed by atoms with Crippen LogP contribution in [-0.4, -0.2) is 17.0 Å². The van der Waals surface area contributed by atoms with Crippen LogP contribution >= 0.6 is 0 Å². The van der Waals surface area contributed by atoms with E-state index < -0.39 is 0 Å². The molecule has 1 N–H and O–H groups in total. The highest BCUT2D eigenvalue weighted by atomic mass is 16.5. The second-order valence-electron chi connectivity index (χ2n) is 5.05. The van der Waals surface area contributed by atoms with Crippen LogP contribution in [0.3, 0.4) is 0 Å². The zero-order chi connectivity index (χ0) is 15.4. The standard InChI is InChI=1S/C16H18N4O/c1-10(2)16-19-14(18-4)8-15(20-16)21-13-7-12(9-17)6-5-11(13)3/h5-8,10H,1-4H3,(H,18,19,20). The molecule has 1 aromatic carbocycles. The Kier molecular flexibility index (Phi) is 4.39. The maximum atomic E-state index is 8.98. The van der Waals surface area contributed by atoms with Crippen LogP contribution in [0.15, 0.2) is 24.3 Å². The average molecular weight is 282 g/mol. The van der Waals surface area contributed by atoms with E-state index in [4.69, 9.17) is 10.00 Å². The van der Waals surface area contributed by atoms with Crippen molar-refractivity contribution in [3.63, 3.8) is 0 Å². The Morgan fingerprint density at radius 3 is 2.62 bits per heavy atom. The van der Waals surface area contributed by atoms with Gasteiger partial charge in [0, 0.05) is 19.0 Å². The van der Waals surface area contributed by atoms with E-state index in [1.165, 1.54) is 0 Å². The van der Waals surface area contributed by atoms with Crippen molar-refractivity contribution in [3.8, 4) is 17.7 Å². The van der Waals surface area contributed by atoms with Gasteiger partial charge in [0.15, 0.2) is 0 Å². The minimum Gasteiger partial charge on any atom is -0.439 e. The maximum Gasteiger partial charge on any atom is 0.224 e. The van der Waals surface area contributed by atoms with Gasteiger partial charge in [-0.2, -0.15) is 10.2 Å². The van der Waals surface area contributed by atoms with Crippen LogP contribution < -0.4 is 10.1 Å². The lowest BCUT2D eigenvalue weighted by Gasteiger charge is -2.12. The first-order chi connectivity index (χ1) is 10.0. The van der Waals surface area contributed by atoms with Gasteiger partial charge in [0.25, 0.3) is 0 Å². The normalized spacial score (nSPS) is 10.3. The van der Waals surface area contributed by atoms with E-state index >= 15 is 0 Å². The molecule has 0 aliphatic carbocycles. The monoisotopic (exact) mass is 282 g/mol. The van der Waals surface area contributed by atoms with Crippen molar-refractivity contribution in [1.29, 1.82) is 5.26 Å². The largest absolute Gasteiger partial charge is 0.439 e. The number of nitrogens with zero attached hydrogens (tertiary/aromatic N) is 3. The predicted molar refractivity (Wildman–Crippen MR) is 81.6 cm³/mol. The second kappa shape index (κ2) is 6.23. The summed E-state index contributed by atoms with van der Waals surface area (Å²) < 4.78 is 5.84. The van der Waals surface area contributed by atoms with Gasteiger partial charge < -0.3 is 10.1 Å². The van der Waals surface area contributed by atoms with Crippen molar-refractivity contribution in [2.24, 2.45) is 0 Å². The third-order valence-corrected chi connectivity index (χ3v) is 3.02. The van der Waals surface area contributed by atoms with E-state index in [1.807, 2.05) is 26.8 Å². The van der Waals surface area contributed by atoms with Crippen LogP contribution in [0, 0.1) is 18.3 Å². The second-order valence-corrected chi connectivity index (χ2v) is 5.05. The Hall–Kier alpha value is -2.61. The van der Waals surface area contributed by atoms with Crippen LogP contribution in [0.25, 0.3) is 0 Å². The summed E-state index contributed by atoms with van der Waals surface area (Å²) in [5, 5.41) is 12.0. The highest BCUT2D eigenvalue weighted by Crippen LogP contribution is 2.27. The van der Waals surface area contributed by atoms with Gasteiger partial charge in [-0.15, -0.1) is 0 Å². The van der Waals surface area contributed by atoms with Gasteiger partial charge >= 0.3 is 0 Å². The molecule has 0 aliphatic heterocycles. The Labute approximate surface area is 124 Å². The van der Waals surface area contributed by atoms with Crippen molar-refractivity contribution in [2.75, 3.05) is 12.4 Å². The number of hydrogen-bond donors (Lipinski definition) is 1. The highest BCUT2D eigenvalue weighted by molar-refractivity contribution is 5.45. The van der Waals surface area contributed by atoms with Gasteiger partial charge in [-0.05, 0) is 24.6 Å². The zero-order valence-corrected chi connectivity index (χ0v) is 12.6. The molecule has 0 saturated carbocycles. The fourth-order valence-corrected chi connectivity index (χ4v) is 1.77. The minimum atomic E-state index is 0.201. The summed E-state index contributed by atoms with van der Waals surface area (Å²) in [5.41, 5.74) is 1.51. The van der Waals surface area contributed by atoms with Crippen molar-refractivity contribution in [3.05, 3.63) is 41.2 Å². The number of rotatable bonds is 4. The van der Waals surface area contributed by atoms with Crippen LogP contribution in [0.1, 0.15) is 36.7 Å². The molecule has 2 rings (SSSR count). The van der Waals surface area contributed by atoms with E-state index in [9.17, 15) is 0 Å². The zero-order valence-electron chi connectivity index (χ0n) is 12.6. The van der Waals surface area contributed by atoms with E-state index in [2.05, 4.69) is 21.4 Å². The number of anilines is 1. The van der Waals surface area contributed by atoms with Crippen LogP contribution in [-0.2, 0) is 0 Å². The molecule has 0 aliphatic rings. The Balaban J connectivity index is 2.39. The lowest BCUT2D eigenvalue weighted by atomic mass is 10.1. The number of aromatic nitrogens is 2. The lowest BCUT2D eigenvalue weighted by molar-refractivity contribution is 0.454. The number of nitriles is 1. The molecule has 0 radical (unpaired) electrons. The Bertz CT molecular complexity index is 689. The SMILES string of the molecule is CNc1cc(Oc2cc(C#N)ccc2C)nc(C(C)C)n1. The minimum absolute atomic E-state index is 0.201. The molecule has 5 heteroatoms. The number of aryl methyl sites for hydroxylation is 1. The van der Waals surface area contributed by atoms with Crippen molar-refractivity contribution in [1.82, 2.24) is 9.97 Å². The van der Waals surface area contributed by atoms with Crippen molar-refractivity contribution in [2.45, 2.75) is 26.7 Å². The molecule has 0 bridgehead atoms. The maximum absolute atomic E-state index is 8.98. The molecule has 0 unspecified atom stereocenters. The fourth-order valence-electron chi connectivity index (χ4n) is 1.77. The van der Waals surface area contributed by atoms with Gasteiger partial charge in [-0.25, -0.2) is 4.98 Å². The molecule has 5 nitrogen and oxygen atoms in total. The summed E-state index contributed by atoms with van der Waals surface area (Å²) in [7, 11) is 1.80. The van der Waals surface area contributed by atoms with E-state index in [0.717, 1.165) is 5.56 Å². The van der Waals surface area contributed by atoms with Gasteiger partial charge in [0.05, 0.1) is 11.6 Å². The predicted octanol–water partition coefficient (Wildman–Crippen LogP) is 3.61. The number of ether oxygens (including phenoxy) is 1. The number of benzene rings is 1. The van der Waals surface area contributed by atoms with Crippen molar-refractivity contribution < 1.29 is 4.74 Å². The first-order valence-corrected chi connectivity index (χ1v) is 6.79. The van der Waals surface area contributed by atoms with E-state index in [1.54, 1.807) is 25.2 Å². The third kappa shape index (κ3) is 3.48. The molecule has 0 saturated heterocycles. The number of nitrogens with one attached hydrogen (secondary N) is 1. The summed E-state index contributed by atoms with van der Waals surface area (Å²) >= 11 is 0. The van der Waals surface area contributed by atoms with Gasteiger partial charge in [0.2, 0.25) is 5.88 Å². The topological polar surface area (TPSA) is 70.8 Å². The molecule has 0 fully saturated rings. The van der Waals surface area contributed by atoms with Crippen molar-refractivity contribution >= 4 is 5.82 Å². The average Bonchev–Trinajstić information content (AvgIpc) is 2.49. The third-order valence-electron chi connectivity index (χ3n) is 3.02. The first kappa shape index (κ1) is 14.8. The van der Waals surface area contributed by atoms with Crippen LogP contribution in [0.2, 0.25) is 0 Å². The van der Waals surface area contributed by atoms with E-state index in [-0.39, 0.29) is 5.92 Å². The smallest absolute Gasteiger partial charge is 0.224 e. The molecule has 108 valence electrons. The molecule has 0 atom stereocenters. The lowest BCUT2D eigenvalue weighted by Crippen LogP contribution is -2.03. The molecule has 1 heterocycles. The highest BCUT2D eigenvalue weighted by Gasteiger charge is 2.10. The van der Waals surface area contributed by atoms with Gasteiger partial charge in [-0.3, -0.25) is 0 Å². The molecular weight excluding hydrogens is 264 g/mol. The fraction of sp³-hybridized carbons (Fsp3) is 0.312. The summed E-state index contributed by atoms with van der Waals surface area (Å²) in [6, 6.07) is 9.18. The molecule has 2 aromatic rings. The summed E-state index contributed by atoms with van der Waals surface area (Å²) in [6.45, 7) is 5.99. The number of hydrogen-bond acceptors (Lipinski definition) is 5. The van der Waals surface area contributed by atoms with E-state index in [0.29, 0.717) is 28.8 Å². The summed E-state index contributed by atoms with van der Waals surface area (Å²) in [5.74, 6) is 2.72. The van der Waals surface area contributed by atoms with Crippen LogP contribution in [0.4, 0.5) is 5.82 Å².